The second-order valence-corrected chi connectivity index (χ2v) is 5.61. The van der Waals surface area contributed by atoms with E-state index in [0.717, 1.165) is 27.3 Å². The number of rotatable bonds is 2. The summed E-state index contributed by atoms with van der Waals surface area (Å²) in [5, 5.41) is 25.8. The molecule has 0 aliphatic carbocycles. The zero-order valence-electron chi connectivity index (χ0n) is 12.1. The molecular weight excluding hydrogens is 272 g/mol. The predicted octanol–water partition coefficient (Wildman–Crippen LogP) is 4.13. The van der Waals surface area contributed by atoms with Gasteiger partial charge in [0.15, 0.2) is 0 Å². The minimum Gasteiger partial charge on any atom is -0.392 e. The Morgan fingerprint density at radius 1 is 0.591 bits per heavy atom. The molecule has 0 bridgehead atoms. The van der Waals surface area contributed by atoms with Gasteiger partial charge in [-0.1, -0.05) is 54.6 Å². The van der Waals surface area contributed by atoms with Crippen molar-refractivity contribution in [3.05, 3.63) is 71.8 Å². The van der Waals surface area contributed by atoms with E-state index in [1.54, 1.807) is 0 Å². The second-order valence-electron chi connectivity index (χ2n) is 5.61. The van der Waals surface area contributed by atoms with Gasteiger partial charge in [-0.05, 0) is 49.5 Å². The van der Waals surface area contributed by atoms with Gasteiger partial charge in [0.1, 0.15) is 0 Å². The third-order valence-corrected chi connectivity index (χ3v) is 4.38. The van der Waals surface area contributed by atoms with Crippen molar-refractivity contribution in [1.82, 2.24) is 0 Å². The molecule has 0 fully saturated rings. The average Bonchev–Trinajstić information content (AvgIpc) is 2.59. The van der Waals surface area contributed by atoms with Gasteiger partial charge in [-0.2, -0.15) is 0 Å². The third-order valence-electron chi connectivity index (χ3n) is 4.38. The molecule has 4 aromatic rings. The second kappa shape index (κ2) is 5.09. The van der Waals surface area contributed by atoms with Crippen molar-refractivity contribution in [3.8, 4) is 0 Å². The van der Waals surface area contributed by atoms with Crippen LogP contribution >= 0.6 is 0 Å². The number of hydrogen-bond acceptors (Lipinski definition) is 2. The molecule has 0 aromatic heterocycles. The lowest BCUT2D eigenvalue weighted by Crippen LogP contribution is -1.88. The smallest absolute Gasteiger partial charge is 0.0687 e. The summed E-state index contributed by atoms with van der Waals surface area (Å²) in [6.07, 6.45) is 0. The molecule has 0 atom stereocenters. The van der Waals surface area contributed by atoms with Crippen LogP contribution in [0.3, 0.4) is 0 Å². The lowest BCUT2D eigenvalue weighted by Gasteiger charge is -2.10. The van der Waals surface area contributed by atoms with Crippen LogP contribution in [0.1, 0.15) is 11.1 Å². The van der Waals surface area contributed by atoms with Gasteiger partial charge in [0, 0.05) is 0 Å². The fourth-order valence-corrected chi connectivity index (χ4v) is 3.27. The molecule has 4 rings (SSSR count). The zero-order chi connectivity index (χ0) is 15.1. The first-order chi connectivity index (χ1) is 10.8. The van der Waals surface area contributed by atoms with Crippen molar-refractivity contribution in [1.29, 1.82) is 0 Å². The van der Waals surface area contributed by atoms with Crippen molar-refractivity contribution < 1.29 is 10.2 Å². The molecule has 2 heteroatoms. The number of aliphatic hydroxyl groups excluding tert-OH is 2. The first-order valence-electron chi connectivity index (χ1n) is 7.39. The Hall–Kier alpha value is -2.42. The average molecular weight is 288 g/mol. The minimum atomic E-state index is 0.0519. The van der Waals surface area contributed by atoms with E-state index in [1.165, 1.54) is 16.2 Å². The van der Waals surface area contributed by atoms with Crippen LogP contribution in [-0.2, 0) is 13.2 Å². The maximum atomic E-state index is 9.51. The van der Waals surface area contributed by atoms with E-state index < -0.39 is 0 Å². The number of fused-ring (bicyclic) bond motifs is 5. The lowest BCUT2D eigenvalue weighted by molar-refractivity contribution is 0.282. The first-order valence-corrected chi connectivity index (χ1v) is 7.39. The number of benzene rings is 4. The largest absolute Gasteiger partial charge is 0.392 e. The quantitative estimate of drug-likeness (QED) is 0.544. The summed E-state index contributed by atoms with van der Waals surface area (Å²) >= 11 is 0. The van der Waals surface area contributed by atoms with Gasteiger partial charge >= 0.3 is 0 Å². The van der Waals surface area contributed by atoms with Gasteiger partial charge in [-0.3, -0.25) is 0 Å². The molecule has 0 radical (unpaired) electrons. The van der Waals surface area contributed by atoms with Crippen LogP contribution in [0.4, 0.5) is 0 Å². The molecule has 2 N–H and O–H groups in total. The van der Waals surface area contributed by atoms with Crippen LogP contribution in [0.2, 0.25) is 0 Å². The van der Waals surface area contributed by atoms with E-state index in [0.29, 0.717) is 0 Å². The molecule has 0 aliphatic heterocycles. The molecule has 0 unspecified atom stereocenters. The Kier molecular flexibility index (Phi) is 3.07. The molecule has 0 amide bonds. The molecule has 108 valence electrons. The summed E-state index contributed by atoms with van der Waals surface area (Å²) in [6, 6.07) is 20.6. The number of hydrogen-bond donors (Lipinski definition) is 2. The molecule has 22 heavy (non-hydrogen) atoms. The summed E-state index contributed by atoms with van der Waals surface area (Å²) in [5.41, 5.74) is 1.88. The summed E-state index contributed by atoms with van der Waals surface area (Å²) in [5.74, 6) is 0. The highest BCUT2D eigenvalue weighted by Gasteiger charge is 2.07. The fourth-order valence-electron chi connectivity index (χ4n) is 3.27. The van der Waals surface area contributed by atoms with Crippen molar-refractivity contribution in [3.63, 3.8) is 0 Å². The molecule has 0 heterocycles. The van der Waals surface area contributed by atoms with Gasteiger partial charge in [0.25, 0.3) is 0 Å². The standard InChI is InChI=1S/C20H16O2/c21-11-13-4-6-16-14(10-13)5-7-20-18-3-1-2-15(12-22)17(18)8-9-19(16)20/h1-10,21-22H,11-12H2. The Morgan fingerprint density at radius 3 is 2.09 bits per heavy atom. The molecule has 0 spiro atoms. The van der Waals surface area contributed by atoms with Gasteiger partial charge in [-0.15, -0.1) is 0 Å². The monoisotopic (exact) mass is 288 g/mol. The first kappa shape index (κ1) is 13.3. The topological polar surface area (TPSA) is 40.5 Å². The van der Waals surface area contributed by atoms with Crippen molar-refractivity contribution >= 4 is 32.3 Å². The van der Waals surface area contributed by atoms with E-state index in [2.05, 4.69) is 36.4 Å². The maximum absolute atomic E-state index is 9.51. The summed E-state index contributed by atoms with van der Waals surface area (Å²) < 4.78 is 0. The van der Waals surface area contributed by atoms with E-state index in [-0.39, 0.29) is 13.2 Å². The highest BCUT2D eigenvalue weighted by atomic mass is 16.3. The van der Waals surface area contributed by atoms with Crippen LogP contribution in [0.5, 0.6) is 0 Å². The van der Waals surface area contributed by atoms with Crippen molar-refractivity contribution in [2.45, 2.75) is 13.2 Å². The molecular formula is C20H16O2. The lowest BCUT2D eigenvalue weighted by atomic mass is 9.94. The predicted molar refractivity (Wildman–Crippen MR) is 90.8 cm³/mol. The van der Waals surface area contributed by atoms with Gasteiger partial charge in [0.05, 0.1) is 13.2 Å². The van der Waals surface area contributed by atoms with E-state index in [1.807, 2.05) is 24.3 Å². The fraction of sp³-hybridized carbons (Fsp3) is 0.100. The molecule has 2 nitrogen and oxygen atoms in total. The summed E-state index contributed by atoms with van der Waals surface area (Å²) in [4.78, 5) is 0. The highest BCUT2D eigenvalue weighted by Crippen LogP contribution is 2.32. The maximum Gasteiger partial charge on any atom is 0.0687 e. The van der Waals surface area contributed by atoms with Crippen LogP contribution in [0, 0.1) is 0 Å². The molecule has 4 aromatic carbocycles. The number of aliphatic hydroxyl groups is 2. The van der Waals surface area contributed by atoms with Crippen LogP contribution in [-0.4, -0.2) is 10.2 Å². The third kappa shape index (κ3) is 1.89. The normalized spacial score (nSPS) is 11.5. The Morgan fingerprint density at radius 2 is 1.27 bits per heavy atom. The molecule has 0 saturated carbocycles. The Labute approximate surface area is 128 Å². The van der Waals surface area contributed by atoms with Crippen LogP contribution in [0.25, 0.3) is 32.3 Å². The SMILES string of the molecule is OCc1ccc2c(ccc3c4cccc(CO)c4ccc23)c1. The summed E-state index contributed by atoms with van der Waals surface area (Å²) in [6.45, 7) is 0.113. The van der Waals surface area contributed by atoms with E-state index in [9.17, 15) is 10.2 Å². The van der Waals surface area contributed by atoms with Crippen LogP contribution in [0.15, 0.2) is 60.7 Å². The van der Waals surface area contributed by atoms with Gasteiger partial charge < -0.3 is 10.2 Å². The Balaban J connectivity index is 2.13. The van der Waals surface area contributed by atoms with Gasteiger partial charge in [-0.25, -0.2) is 0 Å². The van der Waals surface area contributed by atoms with E-state index in [4.69, 9.17) is 0 Å². The van der Waals surface area contributed by atoms with Crippen molar-refractivity contribution in [2.24, 2.45) is 0 Å². The van der Waals surface area contributed by atoms with Crippen LogP contribution < -0.4 is 0 Å². The molecule has 0 saturated heterocycles. The van der Waals surface area contributed by atoms with Crippen molar-refractivity contribution in [2.75, 3.05) is 0 Å². The Bertz CT molecular complexity index is 1000. The van der Waals surface area contributed by atoms with E-state index >= 15 is 0 Å². The minimum absolute atomic E-state index is 0.0519. The molecule has 0 aliphatic rings. The van der Waals surface area contributed by atoms with Gasteiger partial charge in [0.2, 0.25) is 0 Å². The highest BCUT2D eigenvalue weighted by molar-refractivity contribution is 6.17. The summed E-state index contributed by atoms with van der Waals surface area (Å²) in [7, 11) is 0. The zero-order valence-corrected chi connectivity index (χ0v) is 12.1.